The minimum atomic E-state index is 0.475. The van der Waals surface area contributed by atoms with Gasteiger partial charge in [0.1, 0.15) is 0 Å². The number of hydrogen-bond acceptors (Lipinski definition) is 1. The van der Waals surface area contributed by atoms with Gasteiger partial charge in [-0.2, -0.15) is 0 Å². The average molecular weight is 259 g/mol. The van der Waals surface area contributed by atoms with E-state index in [4.69, 9.17) is 0 Å². The van der Waals surface area contributed by atoms with Crippen LogP contribution in [0.2, 0.25) is 0 Å². The summed E-state index contributed by atoms with van der Waals surface area (Å²) in [5.74, 6) is 1.03. The molecular weight excluding hydrogens is 230 g/mol. The summed E-state index contributed by atoms with van der Waals surface area (Å²) in [5, 5.41) is 3.69. The molecule has 1 nitrogen and oxygen atoms in total. The summed E-state index contributed by atoms with van der Waals surface area (Å²) in [6.45, 7) is 7.84. The molecule has 1 fully saturated rings. The number of benzene rings is 1. The van der Waals surface area contributed by atoms with E-state index in [1.807, 2.05) is 0 Å². The second kappa shape index (κ2) is 7.09. The molecule has 19 heavy (non-hydrogen) atoms. The van der Waals surface area contributed by atoms with Gasteiger partial charge in [-0.25, -0.2) is 0 Å². The molecule has 1 saturated carbocycles. The molecule has 0 radical (unpaired) electrons. The van der Waals surface area contributed by atoms with Crippen LogP contribution in [0, 0.1) is 19.8 Å². The van der Waals surface area contributed by atoms with Crippen molar-refractivity contribution in [3.05, 3.63) is 34.9 Å². The molecule has 1 aromatic rings. The van der Waals surface area contributed by atoms with E-state index in [0.29, 0.717) is 6.04 Å². The smallest absolute Gasteiger partial charge is 0.0294 e. The Morgan fingerprint density at radius 2 is 1.95 bits per heavy atom. The zero-order valence-electron chi connectivity index (χ0n) is 12.8. The van der Waals surface area contributed by atoms with Gasteiger partial charge in [0.05, 0.1) is 0 Å². The molecule has 1 unspecified atom stereocenters. The molecule has 0 amide bonds. The maximum absolute atomic E-state index is 3.69. The van der Waals surface area contributed by atoms with Gasteiger partial charge in [0.15, 0.2) is 0 Å². The first-order valence-electron chi connectivity index (χ1n) is 7.97. The molecule has 1 aliphatic carbocycles. The Morgan fingerprint density at radius 1 is 1.21 bits per heavy atom. The van der Waals surface area contributed by atoms with E-state index in [9.17, 15) is 0 Å². The summed E-state index contributed by atoms with van der Waals surface area (Å²) in [7, 11) is 0. The van der Waals surface area contributed by atoms with Crippen molar-refractivity contribution in [1.82, 2.24) is 5.32 Å². The molecule has 1 heteroatoms. The van der Waals surface area contributed by atoms with E-state index >= 15 is 0 Å². The van der Waals surface area contributed by atoms with Crippen molar-refractivity contribution in [2.45, 2.75) is 65.3 Å². The topological polar surface area (TPSA) is 12.0 Å². The predicted molar refractivity (Wildman–Crippen MR) is 83.5 cm³/mol. The van der Waals surface area contributed by atoms with E-state index in [2.05, 4.69) is 44.3 Å². The lowest BCUT2D eigenvalue weighted by molar-refractivity contribution is 0.456. The van der Waals surface area contributed by atoms with Crippen molar-refractivity contribution in [2.24, 2.45) is 5.92 Å². The van der Waals surface area contributed by atoms with E-state index in [0.717, 1.165) is 12.5 Å². The lowest BCUT2D eigenvalue weighted by atomic mass is 9.99. The zero-order valence-corrected chi connectivity index (χ0v) is 12.8. The number of hydrogen-bond donors (Lipinski definition) is 1. The third kappa shape index (κ3) is 4.35. The van der Waals surface area contributed by atoms with E-state index < -0.39 is 0 Å². The molecule has 1 N–H and O–H groups in total. The molecule has 0 heterocycles. The van der Waals surface area contributed by atoms with Gasteiger partial charge in [-0.05, 0) is 57.2 Å². The standard InChI is InChI=1S/C18H29N/c1-14-10-11-15(2)18(13-14)16(3)19-12-6-9-17-7-4-5-8-17/h10-11,13,16-17,19H,4-9,12H2,1-3H3. The molecule has 1 atom stereocenters. The van der Waals surface area contributed by atoms with Gasteiger partial charge >= 0.3 is 0 Å². The van der Waals surface area contributed by atoms with Crippen LogP contribution in [0.1, 0.15) is 68.2 Å². The monoisotopic (exact) mass is 259 g/mol. The molecule has 0 saturated heterocycles. The number of rotatable bonds is 6. The third-order valence-corrected chi connectivity index (χ3v) is 4.62. The van der Waals surface area contributed by atoms with Crippen molar-refractivity contribution in [1.29, 1.82) is 0 Å². The second-order valence-electron chi connectivity index (χ2n) is 6.33. The quantitative estimate of drug-likeness (QED) is 0.715. The summed E-state index contributed by atoms with van der Waals surface area (Å²) in [4.78, 5) is 0. The van der Waals surface area contributed by atoms with Gasteiger partial charge in [0, 0.05) is 6.04 Å². The summed E-state index contributed by atoms with van der Waals surface area (Å²) in [6, 6.07) is 7.24. The van der Waals surface area contributed by atoms with Crippen LogP contribution in [0.5, 0.6) is 0 Å². The molecule has 0 spiro atoms. The van der Waals surface area contributed by atoms with Gasteiger partial charge < -0.3 is 5.32 Å². The van der Waals surface area contributed by atoms with E-state index in [-0.39, 0.29) is 0 Å². The third-order valence-electron chi connectivity index (χ3n) is 4.62. The van der Waals surface area contributed by atoms with Crippen LogP contribution in [-0.4, -0.2) is 6.54 Å². The van der Waals surface area contributed by atoms with Crippen molar-refractivity contribution < 1.29 is 0 Å². The van der Waals surface area contributed by atoms with E-state index in [1.165, 1.54) is 55.2 Å². The number of nitrogens with one attached hydrogen (secondary N) is 1. The van der Waals surface area contributed by atoms with Crippen molar-refractivity contribution >= 4 is 0 Å². The highest BCUT2D eigenvalue weighted by atomic mass is 14.9. The zero-order chi connectivity index (χ0) is 13.7. The van der Waals surface area contributed by atoms with Gasteiger partial charge in [-0.15, -0.1) is 0 Å². The highest BCUT2D eigenvalue weighted by Gasteiger charge is 2.14. The summed E-state index contributed by atoms with van der Waals surface area (Å²) in [5.41, 5.74) is 4.22. The van der Waals surface area contributed by atoms with Crippen LogP contribution in [0.15, 0.2) is 18.2 Å². The fourth-order valence-corrected chi connectivity index (χ4v) is 3.34. The van der Waals surface area contributed by atoms with Crippen molar-refractivity contribution in [3.63, 3.8) is 0 Å². The van der Waals surface area contributed by atoms with Crippen molar-refractivity contribution in [2.75, 3.05) is 6.54 Å². The fourth-order valence-electron chi connectivity index (χ4n) is 3.34. The molecule has 106 valence electrons. The summed E-state index contributed by atoms with van der Waals surface area (Å²) in [6.07, 6.45) is 8.65. The Balaban J connectivity index is 1.74. The highest BCUT2D eigenvalue weighted by molar-refractivity contribution is 5.32. The Labute approximate surface area is 118 Å². The Hall–Kier alpha value is -0.820. The maximum atomic E-state index is 3.69. The maximum Gasteiger partial charge on any atom is 0.0294 e. The lowest BCUT2D eigenvalue weighted by Crippen LogP contribution is -2.21. The first kappa shape index (κ1) is 14.6. The highest BCUT2D eigenvalue weighted by Crippen LogP contribution is 2.28. The second-order valence-corrected chi connectivity index (χ2v) is 6.33. The van der Waals surface area contributed by atoms with Crippen LogP contribution in [0.3, 0.4) is 0 Å². The Morgan fingerprint density at radius 3 is 2.68 bits per heavy atom. The Kier molecular flexibility index (Phi) is 5.45. The largest absolute Gasteiger partial charge is 0.310 e. The normalized spacial score (nSPS) is 17.8. The van der Waals surface area contributed by atoms with Gasteiger partial charge in [0.2, 0.25) is 0 Å². The predicted octanol–water partition coefficient (Wildman–Crippen LogP) is 4.92. The molecule has 1 aromatic carbocycles. The fraction of sp³-hybridized carbons (Fsp3) is 0.667. The average Bonchev–Trinajstić information content (AvgIpc) is 2.90. The van der Waals surface area contributed by atoms with Crippen LogP contribution in [0.25, 0.3) is 0 Å². The Bertz CT molecular complexity index is 391. The molecule has 0 bridgehead atoms. The van der Waals surface area contributed by atoms with Crippen LogP contribution in [-0.2, 0) is 0 Å². The first-order valence-corrected chi connectivity index (χ1v) is 7.97. The van der Waals surface area contributed by atoms with Gasteiger partial charge in [-0.1, -0.05) is 49.4 Å². The molecule has 0 aromatic heterocycles. The van der Waals surface area contributed by atoms with Gasteiger partial charge in [0.25, 0.3) is 0 Å². The van der Waals surface area contributed by atoms with Crippen molar-refractivity contribution in [3.8, 4) is 0 Å². The van der Waals surface area contributed by atoms with Gasteiger partial charge in [-0.3, -0.25) is 0 Å². The molecule has 2 rings (SSSR count). The molecule has 0 aliphatic heterocycles. The minimum absolute atomic E-state index is 0.475. The lowest BCUT2D eigenvalue weighted by Gasteiger charge is -2.18. The summed E-state index contributed by atoms with van der Waals surface area (Å²) >= 11 is 0. The number of aryl methyl sites for hydroxylation is 2. The SMILES string of the molecule is Cc1ccc(C)c(C(C)NCCCC2CCCC2)c1. The summed E-state index contributed by atoms with van der Waals surface area (Å²) < 4.78 is 0. The van der Waals surface area contributed by atoms with Crippen LogP contribution >= 0.6 is 0 Å². The van der Waals surface area contributed by atoms with Crippen LogP contribution < -0.4 is 5.32 Å². The molecule has 1 aliphatic rings. The van der Waals surface area contributed by atoms with E-state index in [1.54, 1.807) is 0 Å². The van der Waals surface area contributed by atoms with Crippen LogP contribution in [0.4, 0.5) is 0 Å². The molecular formula is C18H29N. The minimum Gasteiger partial charge on any atom is -0.310 e. The first-order chi connectivity index (χ1) is 9.16.